The highest BCUT2D eigenvalue weighted by atomic mass is 35.8. The Hall–Kier alpha value is 0.564. The molecule has 0 aliphatic heterocycles. The minimum atomic E-state index is -2.65. The molecule has 1 unspecified atom stereocenters. The Bertz CT molecular complexity index is 194. The van der Waals surface area contributed by atoms with Crippen LogP contribution in [0.1, 0.15) is 0 Å². The van der Waals surface area contributed by atoms with Crippen LogP contribution in [0.5, 0.6) is 0 Å². The van der Waals surface area contributed by atoms with E-state index in [1.165, 1.54) is 0 Å². The predicted octanol–water partition coefficient (Wildman–Crippen LogP) is 1.86. The van der Waals surface area contributed by atoms with Gasteiger partial charge in [-0.25, -0.2) is 0 Å². The van der Waals surface area contributed by atoms with Crippen molar-refractivity contribution in [1.29, 1.82) is 0 Å². The number of halogens is 3. The number of ether oxygens (including phenoxy) is 1. The van der Waals surface area contributed by atoms with Gasteiger partial charge in [0, 0.05) is 7.11 Å². The molecule has 1 nitrogen and oxygen atoms in total. The highest BCUT2D eigenvalue weighted by molar-refractivity contribution is 7.66. The second-order valence-electron chi connectivity index (χ2n) is 2.13. The van der Waals surface area contributed by atoms with Gasteiger partial charge in [0.05, 0.1) is 6.23 Å². The van der Waals surface area contributed by atoms with Crippen molar-refractivity contribution < 1.29 is 4.74 Å². The maximum absolute atomic E-state index is 5.63. The highest BCUT2D eigenvalue weighted by Crippen LogP contribution is 2.20. The smallest absolute Gasteiger partial charge is 0.365 e. The van der Waals surface area contributed by atoms with E-state index in [1.54, 1.807) is 12.8 Å². The predicted molar refractivity (Wildman–Crippen MR) is 60.3 cm³/mol. The minimum absolute atomic E-state index is 0.585. The molecule has 0 saturated carbocycles. The first-order valence-electron chi connectivity index (χ1n) is 3.20. The van der Waals surface area contributed by atoms with Crippen LogP contribution in [0.4, 0.5) is 0 Å². The molecule has 0 aliphatic rings. The minimum Gasteiger partial charge on any atom is -0.387 e. The van der Waals surface area contributed by atoms with E-state index in [0.717, 1.165) is 0 Å². The van der Waals surface area contributed by atoms with Gasteiger partial charge < -0.3 is 4.74 Å². The number of hydrogen-bond acceptors (Lipinski definition) is 1. The van der Waals surface area contributed by atoms with Gasteiger partial charge in [0.2, 0.25) is 0 Å². The maximum atomic E-state index is 5.63. The standard InChI is InChI=1S/C6H9Cl3OSi2/c1-3-11(6-10-2)4-5-12(7,8)9/h1,4-5,11H,6H2,2H3. The fourth-order valence-electron chi connectivity index (χ4n) is 0.564. The van der Waals surface area contributed by atoms with Crippen molar-refractivity contribution in [3.8, 4) is 12.0 Å². The average molecular weight is 260 g/mol. The molecule has 0 aromatic rings. The molecule has 0 aromatic carbocycles. The quantitative estimate of drug-likeness (QED) is 0.425. The number of terminal acetylenes is 1. The molecule has 0 fully saturated rings. The Morgan fingerprint density at radius 2 is 2.17 bits per heavy atom. The maximum Gasteiger partial charge on any atom is 0.365 e. The molecule has 0 rings (SSSR count). The molecule has 0 saturated heterocycles. The fourth-order valence-corrected chi connectivity index (χ4v) is 5.01. The van der Waals surface area contributed by atoms with Gasteiger partial charge in [-0.1, -0.05) is 11.4 Å². The molecule has 12 heavy (non-hydrogen) atoms. The van der Waals surface area contributed by atoms with E-state index in [2.05, 4.69) is 5.54 Å². The van der Waals surface area contributed by atoms with Crippen LogP contribution >= 0.6 is 33.2 Å². The van der Waals surface area contributed by atoms with Gasteiger partial charge in [-0.05, 0) is 0 Å². The van der Waals surface area contributed by atoms with Crippen molar-refractivity contribution in [3.63, 3.8) is 0 Å². The van der Waals surface area contributed by atoms with Gasteiger partial charge in [0.25, 0.3) is 0 Å². The van der Waals surface area contributed by atoms with Crippen molar-refractivity contribution in [3.05, 3.63) is 11.4 Å². The summed E-state index contributed by atoms with van der Waals surface area (Å²) in [7, 11) is 0.203. The van der Waals surface area contributed by atoms with Crippen molar-refractivity contribution in [2.24, 2.45) is 0 Å². The van der Waals surface area contributed by atoms with E-state index in [0.29, 0.717) is 6.23 Å². The van der Waals surface area contributed by atoms with Crippen LogP contribution < -0.4 is 0 Å². The van der Waals surface area contributed by atoms with Crippen molar-refractivity contribution in [2.45, 2.75) is 0 Å². The third kappa shape index (κ3) is 7.23. The summed E-state index contributed by atoms with van der Waals surface area (Å²) in [6, 6.07) is -2.65. The van der Waals surface area contributed by atoms with Gasteiger partial charge >= 0.3 is 6.00 Å². The molecule has 68 valence electrons. The molecular weight excluding hydrogens is 251 g/mol. The summed E-state index contributed by atoms with van der Waals surface area (Å²) in [5.74, 6) is 0. The van der Waals surface area contributed by atoms with E-state index in [9.17, 15) is 0 Å². The number of hydrogen-bond donors (Lipinski definition) is 0. The van der Waals surface area contributed by atoms with E-state index in [4.69, 9.17) is 44.4 Å². The number of rotatable bonds is 4. The van der Waals surface area contributed by atoms with Crippen LogP contribution in [-0.2, 0) is 4.74 Å². The monoisotopic (exact) mass is 258 g/mol. The summed E-state index contributed by atoms with van der Waals surface area (Å²) in [6.07, 6.45) is 5.84. The number of methoxy groups -OCH3 is 1. The van der Waals surface area contributed by atoms with Crippen LogP contribution in [0.25, 0.3) is 0 Å². The van der Waals surface area contributed by atoms with E-state index < -0.39 is 14.8 Å². The lowest BCUT2D eigenvalue weighted by Gasteiger charge is -2.03. The highest BCUT2D eigenvalue weighted by Gasteiger charge is 2.20. The van der Waals surface area contributed by atoms with Gasteiger partial charge in [-0.15, -0.1) is 45.2 Å². The molecular formula is C6H9Cl3OSi2. The average Bonchev–Trinajstić information content (AvgIpc) is 1.96. The molecule has 0 heterocycles. The van der Waals surface area contributed by atoms with Crippen LogP contribution in [0.3, 0.4) is 0 Å². The largest absolute Gasteiger partial charge is 0.387 e. The summed E-state index contributed by atoms with van der Waals surface area (Å²) >= 11 is 16.9. The Balaban J connectivity index is 4.04. The van der Waals surface area contributed by atoms with Gasteiger partial charge in [0.15, 0.2) is 8.80 Å². The Morgan fingerprint density at radius 3 is 2.50 bits per heavy atom. The third-order valence-electron chi connectivity index (χ3n) is 1.08. The second kappa shape index (κ2) is 6.08. The van der Waals surface area contributed by atoms with Crippen molar-refractivity contribution >= 4 is 48.0 Å². The van der Waals surface area contributed by atoms with E-state index >= 15 is 0 Å². The third-order valence-corrected chi connectivity index (χ3v) is 4.94. The lowest BCUT2D eigenvalue weighted by Crippen LogP contribution is -2.17. The molecule has 0 amide bonds. The lowest BCUT2D eigenvalue weighted by atomic mass is 11.2. The summed E-state index contributed by atoms with van der Waals surface area (Å²) < 4.78 is 4.91. The van der Waals surface area contributed by atoms with Crippen LogP contribution in [0, 0.1) is 12.0 Å². The van der Waals surface area contributed by atoms with Gasteiger partial charge in [0.1, 0.15) is 0 Å². The van der Waals surface area contributed by atoms with Crippen LogP contribution in [-0.4, -0.2) is 28.1 Å². The molecule has 0 spiro atoms. The first kappa shape index (κ1) is 12.6. The fraction of sp³-hybridized carbons (Fsp3) is 0.333. The summed E-state index contributed by atoms with van der Waals surface area (Å²) in [4.78, 5) is 0. The van der Waals surface area contributed by atoms with Crippen molar-refractivity contribution in [1.82, 2.24) is 0 Å². The topological polar surface area (TPSA) is 9.23 Å². The zero-order valence-corrected chi connectivity index (χ0v) is 11.0. The van der Waals surface area contributed by atoms with E-state index in [-0.39, 0.29) is 0 Å². The summed E-state index contributed by atoms with van der Waals surface area (Å²) in [6.45, 7) is 0. The molecule has 1 atom stereocenters. The molecule has 0 aromatic heterocycles. The van der Waals surface area contributed by atoms with Gasteiger partial charge in [-0.2, -0.15) is 0 Å². The van der Waals surface area contributed by atoms with Crippen LogP contribution in [0.15, 0.2) is 11.4 Å². The molecule has 6 heteroatoms. The van der Waals surface area contributed by atoms with Crippen LogP contribution in [0.2, 0.25) is 0 Å². The first-order chi connectivity index (χ1) is 5.49. The molecule has 0 aliphatic carbocycles. The second-order valence-corrected chi connectivity index (χ2v) is 12.9. The normalized spacial score (nSPS) is 14.6. The Kier molecular flexibility index (Phi) is 6.37. The Morgan fingerprint density at radius 1 is 1.58 bits per heavy atom. The lowest BCUT2D eigenvalue weighted by molar-refractivity contribution is 0.251. The Labute approximate surface area is 89.4 Å². The SMILES string of the molecule is C#C[SiH](C=C[Si](Cl)(Cl)Cl)COC. The summed E-state index contributed by atoms with van der Waals surface area (Å²) in [5, 5.41) is 0. The molecule has 0 bridgehead atoms. The van der Waals surface area contributed by atoms with E-state index in [1.807, 2.05) is 5.70 Å². The zero-order valence-electron chi connectivity index (χ0n) is 6.56. The summed E-state index contributed by atoms with van der Waals surface area (Å²) in [5.41, 5.74) is 6.10. The van der Waals surface area contributed by atoms with Crippen molar-refractivity contribution in [2.75, 3.05) is 13.3 Å². The van der Waals surface area contributed by atoms with Gasteiger partial charge in [-0.3, -0.25) is 0 Å². The first-order valence-corrected chi connectivity index (χ1v) is 10.4. The molecule has 0 N–H and O–H groups in total. The zero-order chi connectivity index (χ0) is 9.61. The molecule has 0 radical (unpaired) electrons.